The molecule has 1 aliphatic rings. The van der Waals surface area contributed by atoms with Gasteiger partial charge in [-0.15, -0.1) is 11.3 Å². The minimum atomic E-state index is -0.975. The van der Waals surface area contributed by atoms with Gasteiger partial charge in [0.2, 0.25) is 0 Å². The van der Waals surface area contributed by atoms with Crippen LogP contribution in [0.4, 0.5) is 0 Å². The van der Waals surface area contributed by atoms with Crippen LogP contribution in [0.15, 0.2) is 23.7 Å². The van der Waals surface area contributed by atoms with Gasteiger partial charge in [-0.1, -0.05) is 6.07 Å². The van der Waals surface area contributed by atoms with Crippen LogP contribution in [0.25, 0.3) is 10.2 Å². The van der Waals surface area contributed by atoms with E-state index in [1.807, 2.05) is 18.2 Å². The lowest BCUT2D eigenvalue weighted by Gasteiger charge is -2.35. The molecule has 0 bridgehead atoms. The molecule has 0 atom stereocenters. The van der Waals surface area contributed by atoms with Crippen LogP contribution in [-0.2, 0) is 4.79 Å². The Hall–Kier alpha value is -1.62. The predicted molar refractivity (Wildman–Crippen MR) is 61.8 cm³/mol. The highest BCUT2D eigenvalue weighted by atomic mass is 32.1. The molecular weight excluding hydrogens is 238 g/mol. The lowest BCUT2D eigenvalue weighted by molar-refractivity contribution is -0.316. The van der Waals surface area contributed by atoms with Gasteiger partial charge < -0.3 is 14.6 Å². The van der Waals surface area contributed by atoms with Crippen molar-refractivity contribution in [3.05, 3.63) is 23.7 Å². The van der Waals surface area contributed by atoms with Crippen molar-refractivity contribution in [2.24, 2.45) is 5.92 Å². The Kier molecular flexibility index (Phi) is 2.48. The number of thiazole rings is 1. The van der Waals surface area contributed by atoms with Crippen LogP contribution in [0.1, 0.15) is 12.8 Å². The molecular formula is C12H10NO3S-. The zero-order valence-corrected chi connectivity index (χ0v) is 9.78. The molecule has 0 N–H and O–H groups in total. The van der Waals surface area contributed by atoms with Crippen LogP contribution in [0.5, 0.6) is 5.75 Å². The fourth-order valence-electron chi connectivity index (χ4n) is 1.99. The zero-order chi connectivity index (χ0) is 11.8. The fraction of sp³-hybridized carbons (Fsp3) is 0.333. The van der Waals surface area contributed by atoms with E-state index in [1.165, 1.54) is 0 Å². The monoisotopic (exact) mass is 248 g/mol. The summed E-state index contributed by atoms with van der Waals surface area (Å²) in [5.41, 5.74) is 2.64. The molecule has 17 heavy (non-hydrogen) atoms. The minimum absolute atomic E-state index is 0.0230. The number of para-hydroxylation sites is 1. The predicted octanol–water partition coefficient (Wildman–Crippen LogP) is 1.20. The third kappa shape index (κ3) is 1.86. The van der Waals surface area contributed by atoms with E-state index in [0.29, 0.717) is 12.8 Å². The van der Waals surface area contributed by atoms with Gasteiger partial charge in [-0.3, -0.25) is 0 Å². The molecule has 1 heterocycles. The number of carboxylic acid groups (broad SMARTS) is 1. The molecule has 0 unspecified atom stereocenters. The van der Waals surface area contributed by atoms with E-state index < -0.39 is 5.97 Å². The Morgan fingerprint density at radius 1 is 1.47 bits per heavy atom. The topological polar surface area (TPSA) is 62.2 Å². The number of carbonyl (C=O) groups excluding carboxylic acids is 1. The van der Waals surface area contributed by atoms with Gasteiger partial charge in [0.1, 0.15) is 17.4 Å². The number of hydrogen-bond donors (Lipinski definition) is 0. The van der Waals surface area contributed by atoms with Crippen molar-refractivity contribution in [3.63, 3.8) is 0 Å². The molecule has 1 saturated carbocycles. The van der Waals surface area contributed by atoms with Crippen molar-refractivity contribution in [2.75, 3.05) is 0 Å². The summed E-state index contributed by atoms with van der Waals surface area (Å²) < 4.78 is 6.84. The van der Waals surface area contributed by atoms with Gasteiger partial charge in [0.15, 0.2) is 0 Å². The van der Waals surface area contributed by atoms with E-state index in [1.54, 1.807) is 16.8 Å². The molecule has 1 aromatic carbocycles. The molecule has 1 fully saturated rings. The summed E-state index contributed by atoms with van der Waals surface area (Å²) in [7, 11) is 0. The molecule has 4 nitrogen and oxygen atoms in total. The first-order valence-corrected chi connectivity index (χ1v) is 6.32. The summed E-state index contributed by atoms with van der Waals surface area (Å²) in [6.07, 6.45) is 1.04. The van der Waals surface area contributed by atoms with E-state index in [-0.39, 0.29) is 12.0 Å². The van der Waals surface area contributed by atoms with Gasteiger partial charge in [0.25, 0.3) is 0 Å². The third-order valence-corrected chi connectivity index (χ3v) is 3.84. The van der Waals surface area contributed by atoms with Gasteiger partial charge in [0.05, 0.1) is 10.2 Å². The number of aromatic nitrogens is 1. The SMILES string of the molecule is O=C([O-])C1CC(Oc2cccc3scnc23)C1. The van der Waals surface area contributed by atoms with E-state index in [9.17, 15) is 9.90 Å². The molecule has 1 aliphatic carbocycles. The number of aliphatic carboxylic acids is 1. The summed E-state index contributed by atoms with van der Waals surface area (Å²) >= 11 is 1.56. The first-order chi connectivity index (χ1) is 8.24. The highest BCUT2D eigenvalue weighted by molar-refractivity contribution is 7.16. The lowest BCUT2D eigenvalue weighted by Crippen LogP contribution is -2.44. The fourth-order valence-corrected chi connectivity index (χ4v) is 2.68. The second-order valence-electron chi connectivity index (χ2n) is 4.18. The Morgan fingerprint density at radius 3 is 3.06 bits per heavy atom. The maximum Gasteiger partial charge on any atom is 0.146 e. The van der Waals surface area contributed by atoms with E-state index in [2.05, 4.69) is 4.98 Å². The summed E-state index contributed by atoms with van der Waals surface area (Å²) in [5.74, 6) is -0.586. The summed E-state index contributed by atoms with van der Waals surface area (Å²) in [5, 5.41) is 10.6. The van der Waals surface area contributed by atoms with Crippen LogP contribution in [0, 0.1) is 5.92 Å². The molecule has 1 aromatic heterocycles. The number of fused-ring (bicyclic) bond motifs is 1. The quantitative estimate of drug-likeness (QED) is 0.819. The van der Waals surface area contributed by atoms with Crippen molar-refractivity contribution in [2.45, 2.75) is 18.9 Å². The third-order valence-electron chi connectivity index (χ3n) is 3.05. The Balaban J connectivity index is 1.74. The molecule has 0 radical (unpaired) electrons. The second-order valence-corrected chi connectivity index (χ2v) is 5.07. The van der Waals surface area contributed by atoms with Crippen LogP contribution >= 0.6 is 11.3 Å². The van der Waals surface area contributed by atoms with Gasteiger partial charge in [-0.2, -0.15) is 0 Å². The first kappa shape index (κ1) is 10.5. The average Bonchev–Trinajstić information content (AvgIpc) is 2.70. The number of benzene rings is 1. The Labute approximate surface area is 102 Å². The van der Waals surface area contributed by atoms with Crippen molar-refractivity contribution < 1.29 is 14.6 Å². The van der Waals surface area contributed by atoms with Crippen LogP contribution in [0.3, 0.4) is 0 Å². The lowest BCUT2D eigenvalue weighted by atomic mass is 9.82. The Bertz CT molecular complexity index is 560. The van der Waals surface area contributed by atoms with Crippen molar-refractivity contribution in [1.29, 1.82) is 0 Å². The van der Waals surface area contributed by atoms with Gasteiger partial charge in [-0.05, 0) is 25.0 Å². The van der Waals surface area contributed by atoms with Crippen LogP contribution in [-0.4, -0.2) is 17.1 Å². The number of hydrogen-bond acceptors (Lipinski definition) is 5. The van der Waals surface area contributed by atoms with Crippen LogP contribution in [0.2, 0.25) is 0 Å². The van der Waals surface area contributed by atoms with Gasteiger partial charge in [0, 0.05) is 11.9 Å². The second kappa shape index (κ2) is 4.00. The standard InChI is InChI=1S/C12H11NO3S/c14-12(15)7-4-8(5-7)16-9-2-1-3-10-11(9)13-6-17-10/h1-3,6-8H,4-5H2,(H,14,15)/p-1. The average molecular weight is 248 g/mol. The zero-order valence-electron chi connectivity index (χ0n) is 8.96. The smallest absolute Gasteiger partial charge is 0.146 e. The van der Waals surface area contributed by atoms with Crippen molar-refractivity contribution in [1.82, 2.24) is 4.98 Å². The number of ether oxygens (including phenoxy) is 1. The normalized spacial score (nSPS) is 23.3. The van der Waals surface area contributed by atoms with Crippen molar-refractivity contribution in [3.8, 4) is 5.75 Å². The maximum absolute atomic E-state index is 10.6. The van der Waals surface area contributed by atoms with E-state index in [0.717, 1.165) is 16.0 Å². The molecule has 0 aliphatic heterocycles. The van der Waals surface area contributed by atoms with Crippen LogP contribution < -0.4 is 9.84 Å². The molecule has 0 amide bonds. The maximum atomic E-state index is 10.6. The van der Waals surface area contributed by atoms with Gasteiger partial charge >= 0.3 is 0 Å². The molecule has 3 rings (SSSR count). The van der Waals surface area contributed by atoms with E-state index >= 15 is 0 Å². The molecule has 88 valence electrons. The summed E-state index contributed by atoms with van der Waals surface area (Å²) in [6, 6.07) is 5.78. The van der Waals surface area contributed by atoms with E-state index in [4.69, 9.17) is 4.74 Å². The number of rotatable bonds is 3. The highest BCUT2D eigenvalue weighted by Gasteiger charge is 2.32. The summed E-state index contributed by atoms with van der Waals surface area (Å²) in [4.78, 5) is 14.8. The largest absolute Gasteiger partial charge is 0.550 e. The Morgan fingerprint density at radius 2 is 2.29 bits per heavy atom. The molecule has 0 spiro atoms. The highest BCUT2D eigenvalue weighted by Crippen LogP contribution is 2.34. The number of nitrogens with zero attached hydrogens (tertiary/aromatic N) is 1. The summed E-state index contributed by atoms with van der Waals surface area (Å²) in [6.45, 7) is 0. The molecule has 2 aromatic rings. The van der Waals surface area contributed by atoms with Gasteiger partial charge in [-0.25, -0.2) is 4.98 Å². The minimum Gasteiger partial charge on any atom is -0.550 e. The molecule has 0 saturated heterocycles. The number of carboxylic acids is 1. The first-order valence-electron chi connectivity index (χ1n) is 5.44. The molecule has 5 heteroatoms. The van der Waals surface area contributed by atoms with Crippen molar-refractivity contribution >= 4 is 27.5 Å². The number of carbonyl (C=O) groups is 1.